The highest BCUT2D eigenvalue weighted by atomic mass is 19.1. The summed E-state index contributed by atoms with van der Waals surface area (Å²) in [5, 5.41) is 12.3. The summed E-state index contributed by atoms with van der Waals surface area (Å²) in [4.78, 5) is 12.4. The van der Waals surface area contributed by atoms with Crippen molar-refractivity contribution in [3.63, 3.8) is 0 Å². The van der Waals surface area contributed by atoms with Gasteiger partial charge in [-0.2, -0.15) is 5.10 Å². The highest BCUT2D eigenvalue weighted by molar-refractivity contribution is 5.50. The fourth-order valence-electron chi connectivity index (χ4n) is 3.68. The van der Waals surface area contributed by atoms with Crippen LogP contribution in [0.15, 0.2) is 58.2 Å². The molecule has 5 rings (SSSR count). The molecule has 4 aromatic rings. The summed E-state index contributed by atoms with van der Waals surface area (Å²) in [6.45, 7) is 0.345. The average Bonchev–Trinajstić information content (AvgIpc) is 3.43. The van der Waals surface area contributed by atoms with Gasteiger partial charge in [0.2, 0.25) is 12.3 Å². The maximum Gasteiger partial charge on any atom is 0.250 e. The third-order valence-electron chi connectivity index (χ3n) is 5.00. The number of fused-ring (bicyclic) bond motifs is 1. The zero-order valence-electron chi connectivity index (χ0n) is 14.9. The van der Waals surface area contributed by atoms with E-state index >= 15 is 0 Å². The molecule has 7 nitrogen and oxygen atoms in total. The first-order chi connectivity index (χ1) is 13.7. The molecule has 0 N–H and O–H groups in total. The van der Waals surface area contributed by atoms with Crippen LogP contribution >= 0.6 is 0 Å². The molecule has 0 radical (unpaired) electrons. The first kappa shape index (κ1) is 16.6. The number of aromatic nitrogens is 5. The fraction of sp³-hybridized carbons (Fsp3) is 0.200. The lowest BCUT2D eigenvalue weighted by molar-refractivity contribution is 0.567. The minimum Gasteiger partial charge on any atom is -0.423 e. The van der Waals surface area contributed by atoms with Crippen LogP contribution in [0.3, 0.4) is 0 Å². The molecule has 0 bridgehead atoms. The van der Waals surface area contributed by atoms with Crippen molar-refractivity contribution in [2.75, 3.05) is 0 Å². The lowest BCUT2D eigenvalue weighted by Gasteiger charge is -2.07. The molecule has 0 saturated carbocycles. The normalized spacial score (nSPS) is 13.0. The first-order valence-corrected chi connectivity index (χ1v) is 9.01. The molecule has 0 saturated heterocycles. The fourth-order valence-corrected chi connectivity index (χ4v) is 3.68. The van der Waals surface area contributed by atoms with E-state index in [-0.39, 0.29) is 11.4 Å². The summed E-state index contributed by atoms with van der Waals surface area (Å²) < 4.78 is 22.0. The average molecular weight is 377 g/mol. The van der Waals surface area contributed by atoms with Crippen LogP contribution in [0.1, 0.15) is 23.4 Å². The van der Waals surface area contributed by atoms with Crippen LogP contribution in [0.2, 0.25) is 0 Å². The van der Waals surface area contributed by atoms with Crippen LogP contribution in [0.5, 0.6) is 0 Å². The molecule has 8 heteroatoms. The lowest BCUT2D eigenvalue weighted by atomic mass is 10.2. The van der Waals surface area contributed by atoms with Crippen molar-refractivity contribution in [1.82, 2.24) is 24.5 Å². The third kappa shape index (κ3) is 2.83. The second kappa shape index (κ2) is 6.56. The van der Waals surface area contributed by atoms with Crippen LogP contribution in [-0.4, -0.2) is 24.5 Å². The summed E-state index contributed by atoms with van der Waals surface area (Å²) in [5.41, 5.74) is 4.50. The van der Waals surface area contributed by atoms with Crippen LogP contribution in [0, 0.1) is 5.82 Å². The van der Waals surface area contributed by atoms with Gasteiger partial charge in [-0.05, 0) is 55.2 Å². The predicted molar refractivity (Wildman–Crippen MR) is 98.6 cm³/mol. The molecule has 3 aromatic heterocycles. The monoisotopic (exact) mass is 377 g/mol. The predicted octanol–water partition coefficient (Wildman–Crippen LogP) is 2.76. The molecule has 28 heavy (non-hydrogen) atoms. The molecule has 0 amide bonds. The zero-order chi connectivity index (χ0) is 19.1. The Labute approximate surface area is 159 Å². The van der Waals surface area contributed by atoms with Gasteiger partial charge >= 0.3 is 0 Å². The number of nitrogens with zero attached hydrogens (tertiary/aromatic N) is 5. The van der Waals surface area contributed by atoms with E-state index in [1.54, 1.807) is 29.0 Å². The number of pyridine rings is 1. The van der Waals surface area contributed by atoms with E-state index in [0.29, 0.717) is 18.0 Å². The van der Waals surface area contributed by atoms with E-state index in [4.69, 9.17) is 9.52 Å². The quantitative estimate of drug-likeness (QED) is 0.546. The van der Waals surface area contributed by atoms with Gasteiger partial charge in [0, 0.05) is 18.0 Å². The Bertz CT molecular complexity index is 1190. The lowest BCUT2D eigenvalue weighted by Crippen LogP contribution is -2.20. The van der Waals surface area contributed by atoms with Crippen molar-refractivity contribution >= 4 is 0 Å². The van der Waals surface area contributed by atoms with E-state index in [0.717, 1.165) is 36.3 Å². The van der Waals surface area contributed by atoms with Gasteiger partial charge in [0.05, 0.1) is 23.5 Å². The van der Waals surface area contributed by atoms with E-state index in [9.17, 15) is 9.18 Å². The minimum atomic E-state index is -0.280. The maximum atomic E-state index is 13.3. The van der Waals surface area contributed by atoms with Gasteiger partial charge in [0.15, 0.2) is 0 Å². The van der Waals surface area contributed by atoms with Gasteiger partial charge in [0.1, 0.15) is 5.82 Å². The molecule has 0 fully saturated rings. The Balaban J connectivity index is 1.55. The SMILES string of the molecule is O=c1ccc(-c2nnco2)cn1Cc1nn(-c2ccc(F)cc2)c2c1CCC2. The molecule has 1 aliphatic carbocycles. The summed E-state index contributed by atoms with van der Waals surface area (Å²) in [7, 11) is 0. The zero-order valence-corrected chi connectivity index (χ0v) is 14.9. The smallest absolute Gasteiger partial charge is 0.250 e. The Morgan fingerprint density at radius 3 is 2.75 bits per heavy atom. The van der Waals surface area contributed by atoms with Crippen LogP contribution in [0.4, 0.5) is 4.39 Å². The summed E-state index contributed by atoms with van der Waals surface area (Å²) >= 11 is 0. The molecule has 1 aliphatic rings. The van der Waals surface area contributed by atoms with E-state index in [1.807, 2.05) is 4.68 Å². The van der Waals surface area contributed by atoms with Crippen molar-refractivity contribution in [3.8, 4) is 17.1 Å². The molecule has 3 heterocycles. The van der Waals surface area contributed by atoms with Gasteiger partial charge in [0.25, 0.3) is 5.56 Å². The van der Waals surface area contributed by atoms with Crippen molar-refractivity contribution in [2.24, 2.45) is 0 Å². The standard InChI is InChI=1S/C20H16FN5O2/c21-14-5-7-15(8-6-14)26-18-3-1-2-16(18)17(24-26)11-25-10-13(4-9-19(25)27)20-23-22-12-28-20/h4-10,12H,1-3,11H2. The highest BCUT2D eigenvalue weighted by Crippen LogP contribution is 2.28. The maximum absolute atomic E-state index is 13.3. The number of rotatable bonds is 4. The number of halogens is 1. The van der Waals surface area contributed by atoms with Gasteiger partial charge in [-0.3, -0.25) is 4.79 Å². The van der Waals surface area contributed by atoms with Crippen molar-refractivity contribution in [1.29, 1.82) is 0 Å². The van der Waals surface area contributed by atoms with E-state index in [2.05, 4.69) is 10.2 Å². The Morgan fingerprint density at radius 1 is 1.11 bits per heavy atom. The highest BCUT2D eigenvalue weighted by Gasteiger charge is 2.23. The van der Waals surface area contributed by atoms with Crippen molar-refractivity contribution in [3.05, 3.63) is 82.1 Å². The molecular formula is C20H16FN5O2. The summed E-state index contributed by atoms with van der Waals surface area (Å²) in [6.07, 6.45) is 5.83. The van der Waals surface area contributed by atoms with E-state index in [1.165, 1.54) is 30.2 Å². The largest absolute Gasteiger partial charge is 0.423 e. The van der Waals surface area contributed by atoms with Gasteiger partial charge in [-0.15, -0.1) is 10.2 Å². The molecule has 140 valence electrons. The molecule has 0 aliphatic heterocycles. The Morgan fingerprint density at radius 2 is 1.96 bits per heavy atom. The summed E-state index contributed by atoms with van der Waals surface area (Å²) in [5.74, 6) is 0.0768. The van der Waals surface area contributed by atoms with Crippen LogP contribution < -0.4 is 5.56 Å². The number of benzene rings is 1. The van der Waals surface area contributed by atoms with Crippen molar-refractivity contribution < 1.29 is 8.81 Å². The molecule has 0 unspecified atom stereocenters. The first-order valence-electron chi connectivity index (χ1n) is 9.01. The van der Waals surface area contributed by atoms with Crippen LogP contribution in [0.25, 0.3) is 17.1 Å². The Hall–Kier alpha value is -3.55. The minimum absolute atomic E-state index is 0.133. The molecule has 0 spiro atoms. The molecule has 1 aromatic carbocycles. The molecule has 0 atom stereocenters. The van der Waals surface area contributed by atoms with E-state index < -0.39 is 0 Å². The third-order valence-corrected chi connectivity index (χ3v) is 5.00. The van der Waals surface area contributed by atoms with Crippen LogP contribution in [-0.2, 0) is 19.4 Å². The second-order valence-corrected chi connectivity index (χ2v) is 6.74. The number of hydrogen-bond donors (Lipinski definition) is 0. The topological polar surface area (TPSA) is 78.7 Å². The van der Waals surface area contributed by atoms with Crippen molar-refractivity contribution in [2.45, 2.75) is 25.8 Å². The number of hydrogen-bond acceptors (Lipinski definition) is 5. The van der Waals surface area contributed by atoms with Gasteiger partial charge in [-0.25, -0.2) is 9.07 Å². The Kier molecular flexibility index (Phi) is 3.89. The van der Waals surface area contributed by atoms with Gasteiger partial charge < -0.3 is 8.98 Å². The summed E-state index contributed by atoms with van der Waals surface area (Å²) in [6, 6.07) is 9.43. The molecular weight excluding hydrogens is 361 g/mol. The second-order valence-electron chi connectivity index (χ2n) is 6.74. The van der Waals surface area contributed by atoms with Gasteiger partial charge in [-0.1, -0.05) is 0 Å².